The Morgan fingerprint density at radius 1 is 1.17 bits per heavy atom. The van der Waals surface area contributed by atoms with Crippen LogP contribution in [0.5, 0.6) is 5.75 Å². The molecular formula is C14H18O4. The highest BCUT2D eigenvalue weighted by Crippen LogP contribution is 2.16. The van der Waals surface area contributed by atoms with E-state index < -0.39 is 11.9 Å². The van der Waals surface area contributed by atoms with Crippen molar-refractivity contribution in [1.29, 1.82) is 0 Å². The predicted molar refractivity (Wildman–Crippen MR) is 67.5 cm³/mol. The lowest BCUT2D eigenvalue weighted by atomic mass is 9.96. The lowest BCUT2D eigenvalue weighted by molar-refractivity contribution is -0.149. The summed E-state index contributed by atoms with van der Waals surface area (Å²) in [5.74, 6) is -0.502. The molecule has 0 fully saturated rings. The summed E-state index contributed by atoms with van der Waals surface area (Å²) >= 11 is 0. The number of aryl methyl sites for hydroxylation is 1. The molecule has 4 heteroatoms. The van der Waals surface area contributed by atoms with Crippen molar-refractivity contribution in [1.82, 2.24) is 0 Å². The number of rotatable bonds is 6. The van der Waals surface area contributed by atoms with Crippen molar-refractivity contribution < 1.29 is 19.1 Å². The average Bonchev–Trinajstić information content (AvgIpc) is 2.39. The Bertz CT molecular complexity index is 408. The zero-order valence-electron chi connectivity index (χ0n) is 10.9. The summed E-state index contributed by atoms with van der Waals surface area (Å²) in [7, 11) is 2.91. The van der Waals surface area contributed by atoms with E-state index in [-0.39, 0.29) is 5.78 Å². The van der Waals surface area contributed by atoms with Crippen LogP contribution in [0.3, 0.4) is 0 Å². The molecule has 0 aliphatic heterocycles. The number of methoxy groups -OCH3 is 2. The molecule has 0 aliphatic rings. The molecule has 1 aromatic rings. The Balaban J connectivity index is 2.61. The average molecular weight is 250 g/mol. The number of Topliss-reactive ketones (excluding diaryl/α,β-unsaturated/α-hetero) is 1. The molecule has 1 aromatic carbocycles. The zero-order valence-corrected chi connectivity index (χ0v) is 10.9. The Labute approximate surface area is 107 Å². The van der Waals surface area contributed by atoms with E-state index in [0.717, 1.165) is 11.3 Å². The van der Waals surface area contributed by atoms with Crippen molar-refractivity contribution in [3.8, 4) is 5.75 Å². The van der Waals surface area contributed by atoms with Gasteiger partial charge in [0.25, 0.3) is 0 Å². The Kier molecular flexibility index (Phi) is 5.36. The van der Waals surface area contributed by atoms with Crippen LogP contribution in [0.25, 0.3) is 0 Å². The van der Waals surface area contributed by atoms with Gasteiger partial charge in [0.2, 0.25) is 0 Å². The first-order valence-corrected chi connectivity index (χ1v) is 5.79. The minimum Gasteiger partial charge on any atom is -0.497 e. The van der Waals surface area contributed by atoms with E-state index >= 15 is 0 Å². The second-order valence-corrected chi connectivity index (χ2v) is 4.07. The molecule has 0 radical (unpaired) electrons. The van der Waals surface area contributed by atoms with Gasteiger partial charge in [-0.2, -0.15) is 0 Å². The second kappa shape index (κ2) is 6.79. The molecule has 0 aromatic heterocycles. The first-order valence-electron chi connectivity index (χ1n) is 5.79. The van der Waals surface area contributed by atoms with Crippen molar-refractivity contribution in [2.24, 2.45) is 5.92 Å². The van der Waals surface area contributed by atoms with Crippen molar-refractivity contribution in [2.45, 2.75) is 19.8 Å². The molecule has 1 atom stereocenters. The zero-order chi connectivity index (χ0) is 13.5. The number of ether oxygens (including phenoxy) is 2. The van der Waals surface area contributed by atoms with E-state index in [1.807, 2.05) is 24.3 Å². The van der Waals surface area contributed by atoms with E-state index in [1.54, 1.807) is 7.11 Å². The van der Waals surface area contributed by atoms with Gasteiger partial charge in [0.05, 0.1) is 14.2 Å². The lowest BCUT2D eigenvalue weighted by Crippen LogP contribution is -2.23. The summed E-state index contributed by atoms with van der Waals surface area (Å²) in [6.07, 6.45) is 1.12. The molecule has 0 spiro atoms. The SMILES string of the molecule is COC(=O)C(CCc1ccc(OC)cc1)C(C)=O. The molecular weight excluding hydrogens is 232 g/mol. The van der Waals surface area contributed by atoms with Crippen LogP contribution < -0.4 is 4.74 Å². The number of esters is 1. The van der Waals surface area contributed by atoms with Crippen LogP contribution in [-0.4, -0.2) is 26.0 Å². The van der Waals surface area contributed by atoms with Crippen LogP contribution in [0.1, 0.15) is 18.9 Å². The molecule has 98 valence electrons. The van der Waals surface area contributed by atoms with Gasteiger partial charge in [-0.05, 0) is 37.5 Å². The Morgan fingerprint density at radius 3 is 2.22 bits per heavy atom. The van der Waals surface area contributed by atoms with Crippen molar-refractivity contribution in [3.05, 3.63) is 29.8 Å². The number of benzene rings is 1. The first kappa shape index (κ1) is 14.2. The van der Waals surface area contributed by atoms with Crippen LogP contribution >= 0.6 is 0 Å². The fraction of sp³-hybridized carbons (Fsp3) is 0.429. The van der Waals surface area contributed by atoms with E-state index in [4.69, 9.17) is 4.74 Å². The largest absolute Gasteiger partial charge is 0.497 e. The Morgan fingerprint density at radius 2 is 1.78 bits per heavy atom. The van der Waals surface area contributed by atoms with E-state index in [9.17, 15) is 9.59 Å². The van der Waals surface area contributed by atoms with Crippen LogP contribution in [0.4, 0.5) is 0 Å². The minimum absolute atomic E-state index is 0.157. The van der Waals surface area contributed by atoms with Gasteiger partial charge in [-0.15, -0.1) is 0 Å². The quantitative estimate of drug-likeness (QED) is 0.572. The van der Waals surface area contributed by atoms with Gasteiger partial charge in [0, 0.05) is 0 Å². The second-order valence-electron chi connectivity index (χ2n) is 4.07. The summed E-state index contributed by atoms with van der Waals surface area (Å²) in [6, 6.07) is 7.56. The molecule has 0 saturated heterocycles. The first-order chi connectivity index (χ1) is 8.58. The molecule has 0 N–H and O–H groups in total. The fourth-order valence-electron chi connectivity index (χ4n) is 1.73. The molecule has 0 heterocycles. The standard InChI is InChI=1S/C14H18O4/c1-10(15)13(14(16)18-3)9-6-11-4-7-12(17-2)8-5-11/h4-5,7-8,13H,6,9H2,1-3H3. The normalized spacial score (nSPS) is 11.7. The van der Waals surface area contributed by atoms with E-state index in [0.29, 0.717) is 12.8 Å². The van der Waals surface area contributed by atoms with Crippen molar-refractivity contribution in [2.75, 3.05) is 14.2 Å². The van der Waals surface area contributed by atoms with Gasteiger partial charge < -0.3 is 9.47 Å². The van der Waals surface area contributed by atoms with Gasteiger partial charge in [0.1, 0.15) is 17.5 Å². The molecule has 1 unspecified atom stereocenters. The highest BCUT2D eigenvalue weighted by atomic mass is 16.5. The topological polar surface area (TPSA) is 52.6 Å². The van der Waals surface area contributed by atoms with Gasteiger partial charge in [-0.1, -0.05) is 12.1 Å². The maximum absolute atomic E-state index is 11.4. The third-order valence-corrected chi connectivity index (χ3v) is 2.86. The third kappa shape index (κ3) is 3.87. The lowest BCUT2D eigenvalue weighted by Gasteiger charge is -2.11. The van der Waals surface area contributed by atoms with E-state index in [2.05, 4.69) is 4.74 Å². The minimum atomic E-state index is -0.669. The molecule has 0 bridgehead atoms. The molecule has 18 heavy (non-hydrogen) atoms. The number of carbonyl (C=O) groups excluding carboxylic acids is 2. The monoisotopic (exact) mass is 250 g/mol. The summed E-state index contributed by atoms with van der Waals surface area (Å²) in [5.41, 5.74) is 1.06. The van der Waals surface area contributed by atoms with Gasteiger partial charge in [-0.3, -0.25) is 9.59 Å². The molecule has 4 nitrogen and oxygen atoms in total. The number of hydrogen-bond acceptors (Lipinski definition) is 4. The highest BCUT2D eigenvalue weighted by molar-refractivity contribution is 5.97. The molecule has 1 rings (SSSR count). The number of ketones is 1. The maximum atomic E-state index is 11.4. The van der Waals surface area contributed by atoms with Crippen LogP contribution in [0, 0.1) is 5.92 Å². The fourth-order valence-corrected chi connectivity index (χ4v) is 1.73. The molecule has 0 saturated carbocycles. The highest BCUT2D eigenvalue weighted by Gasteiger charge is 2.23. The van der Waals surface area contributed by atoms with Crippen LogP contribution in [0.2, 0.25) is 0 Å². The smallest absolute Gasteiger partial charge is 0.316 e. The predicted octanol–water partition coefficient (Wildman–Crippen LogP) is 2.01. The number of carbonyl (C=O) groups is 2. The molecule has 0 amide bonds. The summed E-state index contributed by atoms with van der Waals surface area (Å²) in [4.78, 5) is 22.8. The van der Waals surface area contributed by atoms with Crippen molar-refractivity contribution >= 4 is 11.8 Å². The Hall–Kier alpha value is -1.84. The van der Waals surface area contributed by atoms with Gasteiger partial charge in [0.15, 0.2) is 0 Å². The van der Waals surface area contributed by atoms with Crippen LogP contribution in [0.15, 0.2) is 24.3 Å². The number of hydrogen-bond donors (Lipinski definition) is 0. The summed E-state index contributed by atoms with van der Waals surface area (Å²) in [6.45, 7) is 1.41. The summed E-state index contributed by atoms with van der Waals surface area (Å²) < 4.78 is 9.68. The van der Waals surface area contributed by atoms with Gasteiger partial charge >= 0.3 is 5.97 Å². The van der Waals surface area contributed by atoms with Crippen molar-refractivity contribution in [3.63, 3.8) is 0 Å². The van der Waals surface area contributed by atoms with E-state index in [1.165, 1.54) is 14.0 Å². The summed E-state index contributed by atoms with van der Waals surface area (Å²) in [5, 5.41) is 0. The molecule has 0 aliphatic carbocycles. The third-order valence-electron chi connectivity index (χ3n) is 2.86. The maximum Gasteiger partial charge on any atom is 0.316 e. The van der Waals surface area contributed by atoms with Crippen LogP contribution in [-0.2, 0) is 20.7 Å². The van der Waals surface area contributed by atoms with Gasteiger partial charge in [-0.25, -0.2) is 0 Å².